The lowest BCUT2D eigenvalue weighted by Gasteiger charge is -2.15. The second-order valence-electron chi connectivity index (χ2n) is 4.66. The van der Waals surface area contributed by atoms with Gasteiger partial charge in [0.15, 0.2) is 0 Å². The second-order valence-corrected chi connectivity index (χ2v) is 4.66. The highest BCUT2D eigenvalue weighted by atomic mass is 16.5. The minimum atomic E-state index is -0.247. The Balaban J connectivity index is 2.11. The number of likely N-dealkylation sites (tertiary alicyclic amines) is 1. The first kappa shape index (κ1) is 12.6. The average molecular weight is 251 g/mol. The first-order chi connectivity index (χ1) is 8.54. The first-order valence-electron chi connectivity index (χ1n) is 5.89. The van der Waals surface area contributed by atoms with Crippen molar-refractivity contribution in [1.29, 1.82) is 0 Å². The Hall–Kier alpha value is -1.85. The molecule has 1 aromatic heterocycles. The predicted molar refractivity (Wildman–Crippen MR) is 63.8 cm³/mol. The van der Waals surface area contributed by atoms with E-state index in [1.165, 1.54) is 7.11 Å². The molecule has 1 saturated heterocycles. The lowest BCUT2D eigenvalue weighted by atomic mass is 9.99. The fourth-order valence-electron chi connectivity index (χ4n) is 2.34. The maximum absolute atomic E-state index is 12.2. The molecule has 0 saturated carbocycles. The van der Waals surface area contributed by atoms with Crippen LogP contribution in [0.3, 0.4) is 0 Å². The number of hydrogen-bond acceptors (Lipinski definition) is 4. The number of carbonyl (C=O) groups excluding carboxylic acids is 2. The average Bonchev–Trinajstić information content (AvgIpc) is 2.93. The standard InChI is InChI=1S/C12H17N3O3/c1-8-6-15(7-9(8)12(17)18-3)11(16)10-4-5-13-14(10)2/h4-5,8-9H,6-7H2,1-3H3. The quantitative estimate of drug-likeness (QED) is 0.709. The van der Waals surface area contributed by atoms with Gasteiger partial charge in [-0.3, -0.25) is 14.3 Å². The summed E-state index contributed by atoms with van der Waals surface area (Å²) >= 11 is 0. The van der Waals surface area contributed by atoms with Crippen molar-refractivity contribution in [3.8, 4) is 0 Å². The van der Waals surface area contributed by atoms with Crippen LogP contribution in [0, 0.1) is 11.8 Å². The molecule has 0 bridgehead atoms. The third-order valence-corrected chi connectivity index (χ3v) is 3.44. The molecule has 2 heterocycles. The zero-order valence-electron chi connectivity index (χ0n) is 10.8. The molecule has 18 heavy (non-hydrogen) atoms. The fourth-order valence-corrected chi connectivity index (χ4v) is 2.34. The summed E-state index contributed by atoms with van der Waals surface area (Å²) in [5.41, 5.74) is 0.535. The Morgan fingerprint density at radius 3 is 2.72 bits per heavy atom. The maximum atomic E-state index is 12.2. The van der Waals surface area contributed by atoms with Gasteiger partial charge in [0.2, 0.25) is 0 Å². The number of ether oxygens (including phenoxy) is 1. The molecule has 1 aromatic rings. The maximum Gasteiger partial charge on any atom is 0.310 e. The van der Waals surface area contributed by atoms with Crippen molar-refractivity contribution in [2.75, 3.05) is 20.2 Å². The highest BCUT2D eigenvalue weighted by Crippen LogP contribution is 2.25. The van der Waals surface area contributed by atoms with E-state index in [0.717, 1.165) is 0 Å². The first-order valence-corrected chi connectivity index (χ1v) is 5.89. The van der Waals surface area contributed by atoms with Crippen molar-refractivity contribution in [2.24, 2.45) is 18.9 Å². The molecule has 0 aromatic carbocycles. The summed E-state index contributed by atoms with van der Waals surface area (Å²) in [5, 5.41) is 3.98. The van der Waals surface area contributed by atoms with E-state index < -0.39 is 0 Å². The summed E-state index contributed by atoms with van der Waals surface area (Å²) in [6, 6.07) is 1.68. The summed E-state index contributed by atoms with van der Waals surface area (Å²) in [4.78, 5) is 25.5. The van der Waals surface area contributed by atoms with E-state index in [1.807, 2.05) is 6.92 Å². The molecule has 1 fully saturated rings. The van der Waals surface area contributed by atoms with Crippen LogP contribution >= 0.6 is 0 Å². The van der Waals surface area contributed by atoms with Gasteiger partial charge in [-0.25, -0.2) is 0 Å². The van der Waals surface area contributed by atoms with Crippen LogP contribution in [0.25, 0.3) is 0 Å². The van der Waals surface area contributed by atoms with Gasteiger partial charge >= 0.3 is 5.97 Å². The van der Waals surface area contributed by atoms with Crippen LogP contribution in [-0.4, -0.2) is 46.8 Å². The predicted octanol–water partition coefficient (Wildman–Crippen LogP) is 0.301. The topological polar surface area (TPSA) is 64.4 Å². The van der Waals surface area contributed by atoms with Crippen LogP contribution in [0.15, 0.2) is 12.3 Å². The number of hydrogen-bond donors (Lipinski definition) is 0. The van der Waals surface area contributed by atoms with Crippen molar-refractivity contribution >= 4 is 11.9 Å². The van der Waals surface area contributed by atoms with Crippen molar-refractivity contribution in [2.45, 2.75) is 6.92 Å². The van der Waals surface area contributed by atoms with Gasteiger partial charge in [-0.2, -0.15) is 5.10 Å². The van der Waals surface area contributed by atoms with Gasteiger partial charge in [-0.05, 0) is 12.0 Å². The summed E-state index contributed by atoms with van der Waals surface area (Å²) in [6.45, 7) is 2.94. The zero-order valence-corrected chi connectivity index (χ0v) is 10.8. The van der Waals surface area contributed by atoms with Crippen molar-refractivity contribution in [3.63, 3.8) is 0 Å². The van der Waals surface area contributed by atoms with E-state index in [-0.39, 0.29) is 23.7 Å². The third kappa shape index (κ3) is 2.10. The molecule has 0 spiro atoms. The van der Waals surface area contributed by atoms with E-state index in [2.05, 4.69) is 5.10 Å². The molecule has 2 atom stereocenters. The van der Waals surface area contributed by atoms with Gasteiger partial charge in [0.05, 0.1) is 13.0 Å². The Bertz CT molecular complexity index is 469. The molecule has 2 unspecified atom stereocenters. The number of methoxy groups -OCH3 is 1. The Labute approximate surface area is 106 Å². The summed E-state index contributed by atoms with van der Waals surface area (Å²) < 4.78 is 6.29. The second kappa shape index (κ2) is 4.80. The number of rotatable bonds is 2. The summed E-state index contributed by atoms with van der Waals surface area (Å²) in [5.74, 6) is -0.446. The molecule has 0 radical (unpaired) electrons. The number of amides is 1. The van der Waals surface area contributed by atoms with Crippen LogP contribution in [-0.2, 0) is 16.6 Å². The van der Waals surface area contributed by atoms with E-state index in [9.17, 15) is 9.59 Å². The van der Waals surface area contributed by atoms with Crippen molar-refractivity contribution in [1.82, 2.24) is 14.7 Å². The van der Waals surface area contributed by atoms with Crippen LogP contribution in [0.2, 0.25) is 0 Å². The highest BCUT2D eigenvalue weighted by Gasteiger charge is 2.38. The number of nitrogens with zero attached hydrogens (tertiary/aromatic N) is 3. The molecule has 1 aliphatic rings. The van der Waals surface area contributed by atoms with Crippen molar-refractivity contribution in [3.05, 3.63) is 18.0 Å². The normalized spacial score (nSPS) is 23.2. The monoisotopic (exact) mass is 251 g/mol. The van der Waals surface area contributed by atoms with Gasteiger partial charge in [0, 0.05) is 26.3 Å². The molecule has 1 aliphatic heterocycles. The van der Waals surface area contributed by atoms with E-state index >= 15 is 0 Å². The molecule has 6 heteroatoms. The van der Waals surface area contributed by atoms with E-state index in [0.29, 0.717) is 18.8 Å². The van der Waals surface area contributed by atoms with Crippen LogP contribution in [0.4, 0.5) is 0 Å². The minimum Gasteiger partial charge on any atom is -0.469 e. The zero-order chi connectivity index (χ0) is 13.3. The molecular formula is C12H17N3O3. The molecule has 98 valence electrons. The van der Waals surface area contributed by atoms with Gasteiger partial charge < -0.3 is 9.64 Å². The molecule has 0 aliphatic carbocycles. The summed E-state index contributed by atoms with van der Waals surface area (Å²) in [6.07, 6.45) is 1.59. The van der Waals surface area contributed by atoms with Crippen molar-refractivity contribution < 1.29 is 14.3 Å². The lowest BCUT2D eigenvalue weighted by molar-refractivity contribution is -0.146. The van der Waals surface area contributed by atoms with Crippen LogP contribution in [0.1, 0.15) is 17.4 Å². The van der Waals surface area contributed by atoms with Gasteiger partial charge in [-0.1, -0.05) is 6.92 Å². The van der Waals surface area contributed by atoms with E-state index in [1.54, 1.807) is 28.9 Å². The Kier molecular flexibility index (Phi) is 3.36. The summed E-state index contributed by atoms with van der Waals surface area (Å²) in [7, 11) is 3.10. The molecule has 0 N–H and O–H groups in total. The lowest BCUT2D eigenvalue weighted by Crippen LogP contribution is -2.31. The Morgan fingerprint density at radius 2 is 2.17 bits per heavy atom. The molecule has 1 amide bonds. The highest BCUT2D eigenvalue weighted by molar-refractivity contribution is 5.93. The van der Waals surface area contributed by atoms with Gasteiger partial charge in [0.25, 0.3) is 5.91 Å². The SMILES string of the molecule is COC(=O)C1CN(C(=O)c2ccnn2C)CC1C. The fraction of sp³-hybridized carbons (Fsp3) is 0.583. The number of esters is 1. The number of aromatic nitrogens is 2. The number of aryl methyl sites for hydroxylation is 1. The number of carbonyl (C=O) groups is 2. The van der Waals surface area contributed by atoms with Gasteiger partial charge in [-0.15, -0.1) is 0 Å². The van der Waals surface area contributed by atoms with Gasteiger partial charge in [0.1, 0.15) is 5.69 Å². The van der Waals surface area contributed by atoms with Crippen LogP contribution in [0.5, 0.6) is 0 Å². The van der Waals surface area contributed by atoms with Crippen LogP contribution < -0.4 is 0 Å². The Morgan fingerprint density at radius 1 is 1.44 bits per heavy atom. The molecule has 2 rings (SSSR count). The minimum absolute atomic E-state index is 0.0896. The molecule has 6 nitrogen and oxygen atoms in total. The smallest absolute Gasteiger partial charge is 0.310 e. The third-order valence-electron chi connectivity index (χ3n) is 3.44. The largest absolute Gasteiger partial charge is 0.469 e. The molecular weight excluding hydrogens is 234 g/mol. The van der Waals surface area contributed by atoms with E-state index in [4.69, 9.17) is 4.74 Å².